The lowest BCUT2D eigenvalue weighted by Gasteiger charge is -2.16. The van der Waals surface area contributed by atoms with Gasteiger partial charge in [0.15, 0.2) is 0 Å². The van der Waals surface area contributed by atoms with Crippen LogP contribution in [-0.4, -0.2) is 60.3 Å². The van der Waals surface area contributed by atoms with Crippen LogP contribution in [0.15, 0.2) is 10.9 Å². The first kappa shape index (κ1) is 19.6. The van der Waals surface area contributed by atoms with E-state index in [0.29, 0.717) is 31.1 Å². The maximum absolute atomic E-state index is 12.1. The van der Waals surface area contributed by atoms with Crippen LogP contribution in [0.25, 0.3) is 0 Å². The first-order valence-electron chi connectivity index (χ1n) is 9.02. The van der Waals surface area contributed by atoms with Crippen molar-refractivity contribution >= 4 is 5.91 Å². The molecule has 1 aromatic rings. The normalized spacial score (nSPS) is 17.8. The van der Waals surface area contributed by atoms with E-state index in [2.05, 4.69) is 15.2 Å². The van der Waals surface area contributed by atoms with Crippen LogP contribution < -0.4 is 11.0 Å². The lowest BCUT2D eigenvalue weighted by Crippen LogP contribution is -2.33. The molecule has 2 heterocycles. The molecule has 0 radical (unpaired) electrons. The number of likely N-dealkylation sites (tertiary alicyclic amines) is 1. The van der Waals surface area contributed by atoms with E-state index >= 15 is 0 Å². The van der Waals surface area contributed by atoms with Crippen LogP contribution in [-0.2, 0) is 16.1 Å². The van der Waals surface area contributed by atoms with Gasteiger partial charge in [0.2, 0.25) is 5.91 Å². The average Bonchev–Trinajstić information content (AvgIpc) is 3.00. The quantitative estimate of drug-likeness (QED) is 0.664. The minimum Gasteiger partial charge on any atom is -0.385 e. The summed E-state index contributed by atoms with van der Waals surface area (Å²) in [6, 6.07) is 1.86. The number of rotatable bonds is 9. The zero-order valence-electron chi connectivity index (χ0n) is 15.6. The van der Waals surface area contributed by atoms with Crippen LogP contribution in [0.2, 0.25) is 0 Å². The molecule has 1 aromatic heterocycles. The second-order valence-corrected chi connectivity index (χ2v) is 6.83. The third kappa shape index (κ3) is 6.25. The van der Waals surface area contributed by atoms with Gasteiger partial charge in [-0.05, 0) is 45.2 Å². The van der Waals surface area contributed by atoms with E-state index in [1.165, 1.54) is 0 Å². The van der Waals surface area contributed by atoms with Crippen LogP contribution >= 0.6 is 0 Å². The summed E-state index contributed by atoms with van der Waals surface area (Å²) in [7, 11) is 1.73. The Morgan fingerprint density at radius 3 is 2.92 bits per heavy atom. The van der Waals surface area contributed by atoms with Crippen molar-refractivity contribution in [2.75, 3.05) is 39.9 Å². The number of hydrogen-bond acceptors (Lipinski definition) is 5. The third-order valence-electron chi connectivity index (χ3n) is 4.69. The van der Waals surface area contributed by atoms with Gasteiger partial charge in [0.05, 0.1) is 0 Å². The lowest BCUT2D eigenvalue weighted by molar-refractivity contribution is -0.121. The smallest absolute Gasteiger partial charge is 0.347 e. The third-order valence-corrected chi connectivity index (χ3v) is 4.69. The van der Waals surface area contributed by atoms with Crippen LogP contribution in [0.3, 0.4) is 0 Å². The van der Waals surface area contributed by atoms with Gasteiger partial charge in [-0.25, -0.2) is 4.79 Å². The molecule has 7 heteroatoms. The van der Waals surface area contributed by atoms with Gasteiger partial charge in [-0.2, -0.15) is 4.98 Å². The first-order chi connectivity index (χ1) is 12.0. The Hall–Kier alpha value is -1.73. The average molecular weight is 350 g/mol. The summed E-state index contributed by atoms with van der Waals surface area (Å²) < 4.78 is 6.64. The van der Waals surface area contributed by atoms with E-state index in [9.17, 15) is 9.59 Å². The Labute approximate surface area is 149 Å². The van der Waals surface area contributed by atoms with E-state index in [0.717, 1.165) is 44.8 Å². The number of aromatic nitrogens is 2. The van der Waals surface area contributed by atoms with Crippen molar-refractivity contribution in [3.63, 3.8) is 0 Å². The largest absolute Gasteiger partial charge is 0.385 e. The molecule has 0 aliphatic carbocycles. The second kappa shape index (κ2) is 9.68. The molecule has 0 spiro atoms. The number of carbonyl (C=O) groups excluding carboxylic acids is 1. The SMILES string of the molecule is COCCCN1CC[C@H](CNC(=O)CCn2c(C)cc(C)nc2=O)C1. The Balaban J connectivity index is 1.69. The number of hydrogen-bond donors (Lipinski definition) is 1. The molecule has 1 aliphatic rings. The molecule has 1 saturated heterocycles. The predicted octanol–water partition coefficient (Wildman–Crippen LogP) is 0.725. The number of carbonyl (C=O) groups is 1. The number of aryl methyl sites for hydroxylation is 2. The fraction of sp³-hybridized carbons (Fsp3) is 0.722. The van der Waals surface area contributed by atoms with Gasteiger partial charge in [0.1, 0.15) is 0 Å². The van der Waals surface area contributed by atoms with Gasteiger partial charge in [-0.1, -0.05) is 0 Å². The van der Waals surface area contributed by atoms with Gasteiger partial charge in [-0.15, -0.1) is 0 Å². The maximum Gasteiger partial charge on any atom is 0.347 e. The van der Waals surface area contributed by atoms with Gasteiger partial charge in [-0.3, -0.25) is 9.36 Å². The predicted molar refractivity (Wildman–Crippen MR) is 96.6 cm³/mol. The van der Waals surface area contributed by atoms with Crippen LogP contribution in [0, 0.1) is 19.8 Å². The molecule has 7 nitrogen and oxygen atoms in total. The number of methoxy groups -OCH3 is 1. The Morgan fingerprint density at radius 2 is 2.20 bits per heavy atom. The van der Waals surface area contributed by atoms with Gasteiger partial charge in [0, 0.05) is 57.7 Å². The summed E-state index contributed by atoms with van der Waals surface area (Å²) in [6.45, 7) is 8.72. The minimum atomic E-state index is -0.284. The van der Waals surface area contributed by atoms with E-state index in [4.69, 9.17) is 4.74 Å². The molecule has 1 aliphatic heterocycles. The zero-order valence-corrected chi connectivity index (χ0v) is 15.6. The highest BCUT2D eigenvalue weighted by Crippen LogP contribution is 2.15. The van der Waals surface area contributed by atoms with E-state index in [-0.39, 0.29) is 11.6 Å². The lowest BCUT2D eigenvalue weighted by atomic mass is 10.1. The number of nitrogens with zero attached hydrogens (tertiary/aromatic N) is 3. The topological polar surface area (TPSA) is 76.5 Å². The van der Waals surface area contributed by atoms with Crippen molar-refractivity contribution in [3.8, 4) is 0 Å². The standard InChI is InChI=1S/C18H30N4O3/c1-14-11-15(2)22(18(24)20-14)9-6-17(23)19-12-16-5-8-21(13-16)7-4-10-25-3/h11,16H,4-10,12-13H2,1-3H3,(H,19,23)/t16-/m1/s1. The van der Waals surface area contributed by atoms with Crippen molar-refractivity contribution in [1.29, 1.82) is 0 Å². The fourth-order valence-electron chi connectivity index (χ4n) is 3.32. The molecule has 1 fully saturated rings. The van der Waals surface area contributed by atoms with E-state index in [1.54, 1.807) is 18.6 Å². The number of nitrogens with one attached hydrogen (secondary N) is 1. The second-order valence-electron chi connectivity index (χ2n) is 6.83. The fourth-order valence-corrected chi connectivity index (χ4v) is 3.32. The van der Waals surface area contributed by atoms with Crippen LogP contribution in [0.1, 0.15) is 30.7 Å². The Kier molecular flexibility index (Phi) is 7.58. The molecule has 0 unspecified atom stereocenters. The van der Waals surface area contributed by atoms with Gasteiger partial charge < -0.3 is 15.0 Å². The Bertz CT molecular complexity index is 629. The highest BCUT2D eigenvalue weighted by molar-refractivity contribution is 5.75. The summed E-state index contributed by atoms with van der Waals surface area (Å²) in [4.78, 5) is 30.3. The van der Waals surface area contributed by atoms with E-state index < -0.39 is 0 Å². The summed E-state index contributed by atoms with van der Waals surface area (Å²) in [5, 5.41) is 3.01. The summed E-state index contributed by atoms with van der Waals surface area (Å²) in [6.07, 6.45) is 2.47. The highest BCUT2D eigenvalue weighted by Gasteiger charge is 2.22. The molecular formula is C18H30N4O3. The summed E-state index contributed by atoms with van der Waals surface area (Å²) >= 11 is 0. The molecule has 25 heavy (non-hydrogen) atoms. The first-order valence-corrected chi connectivity index (χ1v) is 9.02. The van der Waals surface area contributed by atoms with Crippen LogP contribution in [0.5, 0.6) is 0 Å². The van der Waals surface area contributed by atoms with Crippen molar-refractivity contribution in [3.05, 3.63) is 27.9 Å². The maximum atomic E-state index is 12.1. The number of amides is 1. The minimum absolute atomic E-state index is 0.00953. The molecule has 0 bridgehead atoms. The molecule has 0 saturated carbocycles. The van der Waals surface area contributed by atoms with Gasteiger partial charge in [0.25, 0.3) is 0 Å². The molecule has 1 amide bonds. The van der Waals surface area contributed by atoms with E-state index in [1.807, 2.05) is 13.0 Å². The van der Waals surface area contributed by atoms with Crippen LogP contribution in [0.4, 0.5) is 0 Å². The van der Waals surface area contributed by atoms with Crippen molar-refractivity contribution in [1.82, 2.24) is 19.8 Å². The monoisotopic (exact) mass is 350 g/mol. The van der Waals surface area contributed by atoms with Crippen molar-refractivity contribution in [2.24, 2.45) is 5.92 Å². The molecule has 2 rings (SSSR count). The molecule has 0 aromatic carbocycles. The summed E-state index contributed by atoms with van der Waals surface area (Å²) in [5.74, 6) is 0.502. The highest BCUT2D eigenvalue weighted by atomic mass is 16.5. The molecule has 1 N–H and O–H groups in total. The van der Waals surface area contributed by atoms with Crippen molar-refractivity contribution < 1.29 is 9.53 Å². The molecule has 140 valence electrons. The Morgan fingerprint density at radius 1 is 1.40 bits per heavy atom. The zero-order chi connectivity index (χ0) is 18.2. The van der Waals surface area contributed by atoms with Crippen molar-refractivity contribution in [2.45, 2.75) is 39.7 Å². The summed E-state index contributed by atoms with van der Waals surface area (Å²) in [5.41, 5.74) is 1.26. The van der Waals surface area contributed by atoms with Gasteiger partial charge >= 0.3 is 5.69 Å². The number of ether oxygens (including phenoxy) is 1. The molecular weight excluding hydrogens is 320 g/mol. The molecule has 1 atom stereocenters.